The maximum atomic E-state index is 14.0. The lowest BCUT2D eigenvalue weighted by Gasteiger charge is -2.48. The minimum atomic E-state index is -3.81. The van der Waals surface area contributed by atoms with Gasteiger partial charge in [-0.05, 0) is 66.3 Å². The lowest BCUT2D eigenvalue weighted by Crippen LogP contribution is -2.57. The van der Waals surface area contributed by atoms with Crippen LogP contribution in [0.5, 0.6) is 0 Å². The van der Waals surface area contributed by atoms with Gasteiger partial charge >= 0.3 is 5.97 Å². The SMILES string of the molecule is O=C(O)C[C@H]1O[C@H](c2cccc(Cl)c2)[C@@H](c2ccc(Cl)cc2)N([C@H](CS(=O)(=O)c2ccncc2)C2CC2)C1=O. The molecule has 1 saturated carbocycles. The van der Waals surface area contributed by atoms with Crippen LogP contribution in [0.3, 0.4) is 0 Å². The average Bonchev–Trinajstić information content (AvgIpc) is 3.75. The third-order valence-corrected chi connectivity index (χ3v) is 9.36. The third-order valence-electron chi connectivity index (χ3n) is 7.10. The van der Waals surface area contributed by atoms with Gasteiger partial charge in [0.1, 0.15) is 12.2 Å². The van der Waals surface area contributed by atoms with Crippen molar-refractivity contribution in [3.8, 4) is 0 Å². The molecule has 1 aromatic heterocycles. The number of morpholine rings is 1. The first-order valence-electron chi connectivity index (χ1n) is 12.5. The van der Waals surface area contributed by atoms with Gasteiger partial charge < -0.3 is 14.7 Å². The van der Waals surface area contributed by atoms with Gasteiger partial charge in [0.2, 0.25) is 0 Å². The smallest absolute Gasteiger partial charge is 0.306 e. The zero-order valence-corrected chi connectivity index (χ0v) is 23.0. The number of carbonyl (C=O) groups is 2. The van der Waals surface area contributed by atoms with Crippen molar-refractivity contribution in [2.24, 2.45) is 5.92 Å². The summed E-state index contributed by atoms with van der Waals surface area (Å²) in [6, 6.07) is 15.3. The zero-order valence-electron chi connectivity index (χ0n) is 20.7. The number of aromatic nitrogens is 1. The van der Waals surface area contributed by atoms with Crippen LogP contribution in [-0.4, -0.2) is 53.2 Å². The first-order chi connectivity index (χ1) is 18.6. The van der Waals surface area contributed by atoms with E-state index in [1.54, 1.807) is 53.4 Å². The highest BCUT2D eigenvalue weighted by molar-refractivity contribution is 7.91. The molecule has 3 aromatic rings. The Morgan fingerprint density at radius 2 is 1.72 bits per heavy atom. The van der Waals surface area contributed by atoms with Crippen LogP contribution in [0, 0.1) is 5.92 Å². The fourth-order valence-electron chi connectivity index (χ4n) is 5.15. The second-order valence-corrected chi connectivity index (χ2v) is 12.7. The summed E-state index contributed by atoms with van der Waals surface area (Å²) in [7, 11) is -3.81. The van der Waals surface area contributed by atoms with Gasteiger partial charge in [0.15, 0.2) is 9.84 Å². The molecule has 8 nitrogen and oxygen atoms in total. The number of sulfone groups is 1. The van der Waals surface area contributed by atoms with E-state index in [2.05, 4.69) is 4.98 Å². The fourth-order valence-corrected chi connectivity index (χ4v) is 7.09. The summed E-state index contributed by atoms with van der Waals surface area (Å²) in [5.41, 5.74) is 1.32. The highest BCUT2D eigenvalue weighted by Crippen LogP contribution is 2.48. The average molecular weight is 589 g/mol. The summed E-state index contributed by atoms with van der Waals surface area (Å²) in [5.74, 6) is -2.14. The van der Waals surface area contributed by atoms with Crippen molar-refractivity contribution >= 4 is 44.9 Å². The molecule has 39 heavy (non-hydrogen) atoms. The Hall–Kier alpha value is -2.98. The highest BCUT2D eigenvalue weighted by atomic mass is 35.5. The van der Waals surface area contributed by atoms with Crippen LogP contribution in [0.15, 0.2) is 78.0 Å². The van der Waals surface area contributed by atoms with Crippen LogP contribution in [-0.2, 0) is 24.2 Å². The molecule has 2 aliphatic rings. The van der Waals surface area contributed by atoms with Gasteiger partial charge in [-0.3, -0.25) is 14.6 Å². The Kier molecular flexibility index (Phi) is 7.96. The maximum absolute atomic E-state index is 14.0. The second kappa shape index (κ2) is 11.3. The number of carboxylic acids is 1. The molecule has 0 unspecified atom stereocenters. The molecule has 0 radical (unpaired) electrons. The number of aliphatic carboxylic acids is 1. The molecule has 5 rings (SSSR count). The Morgan fingerprint density at radius 3 is 2.33 bits per heavy atom. The van der Waals surface area contributed by atoms with Crippen molar-refractivity contribution in [3.05, 3.63) is 94.2 Å². The molecule has 1 amide bonds. The van der Waals surface area contributed by atoms with Crippen LogP contribution in [0.25, 0.3) is 0 Å². The molecule has 4 atom stereocenters. The van der Waals surface area contributed by atoms with E-state index in [4.69, 9.17) is 27.9 Å². The Labute approximate surface area is 236 Å². The van der Waals surface area contributed by atoms with Gasteiger partial charge in [0.05, 0.1) is 23.1 Å². The number of amides is 1. The fraction of sp³-hybridized carbons (Fsp3) is 0.321. The third kappa shape index (κ3) is 6.11. The Morgan fingerprint density at radius 1 is 1.03 bits per heavy atom. The summed E-state index contributed by atoms with van der Waals surface area (Å²) in [6.07, 6.45) is 1.64. The predicted octanol–water partition coefficient (Wildman–Crippen LogP) is 5.13. The minimum absolute atomic E-state index is 0.0658. The number of hydrogen-bond donors (Lipinski definition) is 1. The maximum Gasteiger partial charge on any atom is 0.306 e. The molecule has 2 aromatic carbocycles. The summed E-state index contributed by atoms with van der Waals surface area (Å²) in [6.45, 7) is 0. The summed E-state index contributed by atoms with van der Waals surface area (Å²) in [4.78, 5) is 31.4. The normalized spacial score (nSPS) is 22.5. The summed E-state index contributed by atoms with van der Waals surface area (Å²) >= 11 is 12.5. The van der Waals surface area contributed by atoms with Gasteiger partial charge in [0, 0.05) is 28.5 Å². The molecule has 204 valence electrons. The van der Waals surface area contributed by atoms with Crippen molar-refractivity contribution in [2.45, 2.75) is 48.4 Å². The van der Waals surface area contributed by atoms with Gasteiger partial charge in [-0.25, -0.2) is 8.42 Å². The van der Waals surface area contributed by atoms with Gasteiger partial charge in [-0.2, -0.15) is 0 Å². The van der Waals surface area contributed by atoms with E-state index < -0.39 is 52.4 Å². The van der Waals surface area contributed by atoms with Crippen LogP contribution in [0.2, 0.25) is 10.0 Å². The number of rotatable bonds is 9. The van der Waals surface area contributed by atoms with Crippen molar-refractivity contribution < 1.29 is 27.9 Å². The number of pyridine rings is 1. The van der Waals surface area contributed by atoms with Crippen LogP contribution >= 0.6 is 23.2 Å². The monoisotopic (exact) mass is 588 g/mol. The Balaban J connectivity index is 1.65. The van der Waals surface area contributed by atoms with Crippen molar-refractivity contribution in [1.29, 1.82) is 0 Å². The molecule has 1 aliphatic heterocycles. The molecule has 0 spiro atoms. The van der Waals surface area contributed by atoms with Crippen LogP contribution in [0.4, 0.5) is 0 Å². The molecule has 1 aliphatic carbocycles. The quantitative estimate of drug-likeness (QED) is 0.368. The molecule has 0 bridgehead atoms. The van der Waals surface area contributed by atoms with E-state index in [0.29, 0.717) is 21.2 Å². The van der Waals surface area contributed by atoms with Gasteiger partial charge in [-0.15, -0.1) is 0 Å². The van der Waals surface area contributed by atoms with Crippen molar-refractivity contribution in [3.63, 3.8) is 0 Å². The van der Waals surface area contributed by atoms with E-state index in [-0.39, 0.29) is 16.6 Å². The molecule has 2 heterocycles. The Bertz CT molecular complexity index is 1460. The molecular weight excluding hydrogens is 563 g/mol. The lowest BCUT2D eigenvalue weighted by atomic mass is 9.89. The predicted molar refractivity (Wildman–Crippen MR) is 145 cm³/mol. The lowest BCUT2D eigenvalue weighted by molar-refractivity contribution is -0.183. The molecule has 2 fully saturated rings. The minimum Gasteiger partial charge on any atom is -0.481 e. The van der Waals surface area contributed by atoms with E-state index in [9.17, 15) is 23.1 Å². The van der Waals surface area contributed by atoms with E-state index in [1.807, 2.05) is 0 Å². The summed E-state index contributed by atoms with van der Waals surface area (Å²) in [5, 5.41) is 10.5. The number of hydrogen-bond acceptors (Lipinski definition) is 6. The van der Waals surface area contributed by atoms with Gasteiger partial charge in [-0.1, -0.05) is 47.5 Å². The zero-order chi connectivity index (χ0) is 27.7. The molecular formula is C28H26Cl2N2O6S. The standard InChI is InChI=1S/C28H26Cl2N2O6S/c29-20-8-6-18(7-9-20)26-27(19-2-1-3-21(30)14-19)38-24(15-25(33)34)28(35)32(26)23(17-4-5-17)16-39(36,37)22-10-12-31-13-11-22/h1-3,6-14,17,23-24,26-27H,4-5,15-16H2,(H,33,34)/t23-,24-,26-,27-/m1/s1. The molecule has 1 N–H and O–H groups in total. The number of halogens is 2. The highest BCUT2D eigenvalue weighted by Gasteiger charge is 2.51. The van der Waals surface area contributed by atoms with Crippen molar-refractivity contribution in [2.75, 3.05) is 5.75 Å². The van der Waals surface area contributed by atoms with E-state index in [0.717, 1.165) is 12.8 Å². The number of nitrogens with zero attached hydrogens (tertiary/aromatic N) is 2. The first kappa shape index (κ1) is 27.6. The van der Waals surface area contributed by atoms with Crippen LogP contribution < -0.4 is 0 Å². The largest absolute Gasteiger partial charge is 0.481 e. The number of ether oxygens (including phenoxy) is 1. The first-order valence-corrected chi connectivity index (χ1v) is 14.9. The number of carbonyl (C=O) groups excluding carboxylic acids is 1. The second-order valence-electron chi connectivity index (χ2n) is 9.81. The van der Waals surface area contributed by atoms with E-state index >= 15 is 0 Å². The number of benzene rings is 2. The van der Waals surface area contributed by atoms with E-state index in [1.165, 1.54) is 24.5 Å². The topological polar surface area (TPSA) is 114 Å². The summed E-state index contributed by atoms with van der Waals surface area (Å²) < 4.78 is 33.3. The van der Waals surface area contributed by atoms with Crippen molar-refractivity contribution in [1.82, 2.24) is 9.88 Å². The molecule has 11 heteroatoms. The molecule has 1 saturated heterocycles. The van der Waals surface area contributed by atoms with Gasteiger partial charge in [0.25, 0.3) is 5.91 Å². The number of carboxylic acid groups (broad SMARTS) is 1. The van der Waals surface area contributed by atoms with Crippen LogP contribution in [0.1, 0.15) is 42.5 Å².